The Hall–Kier alpha value is -2.92. The van der Waals surface area contributed by atoms with Crippen LogP contribution in [-0.4, -0.2) is 15.9 Å². The Balaban J connectivity index is 2.02. The molecule has 0 radical (unpaired) electrons. The van der Waals surface area contributed by atoms with E-state index in [1.54, 1.807) is 26.2 Å². The molecule has 0 unspecified atom stereocenters. The normalized spacial score (nSPS) is 11.8. The molecule has 132 valence electrons. The Morgan fingerprint density at radius 1 is 1.08 bits per heavy atom. The molecule has 0 bridgehead atoms. The standard InChI is InChI=1S/C20H18ClN3O2/c1-12-16(19(25)23-13(2)17(12)21)20(26)24-18(14-6-4-3-5-7-14)15-8-10-22-11-9-15/h3-11,18H,1-2H3,(H,23,25)(H,24,26)/t18-/m0/s1. The summed E-state index contributed by atoms with van der Waals surface area (Å²) in [5, 5.41) is 3.33. The third-order valence-corrected chi connectivity index (χ3v) is 4.80. The lowest BCUT2D eigenvalue weighted by molar-refractivity contribution is 0.0940. The third kappa shape index (κ3) is 3.53. The molecule has 2 heterocycles. The second-order valence-electron chi connectivity index (χ2n) is 5.99. The smallest absolute Gasteiger partial charge is 0.261 e. The maximum absolute atomic E-state index is 12.9. The van der Waals surface area contributed by atoms with E-state index in [1.807, 2.05) is 42.5 Å². The van der Waals surface area contributed by atoms with Crippen LogP contribution in [0, 0.1) is 13.8 Å². The van der Waals surface area contributed by atoms with Crippen LogP contribution < -0.4 is 10.9 Å². The van der Waals surface area contributed by atoms with Gasteiger partial charge in [0, 0.05) is 18.1 Å². The van der Waals surface area contributed by atoms with E-state index < -0.39 is 17.5 Å². The van der Waals surface area contributed by atoms with Gasteiger partial charge in [-0.2, -0.15) is 0 Å². The van der Waals surface area contributed by atoms with Crippen molar-refractivity contribution in [3.63, 3.8) is 0 Å². The number of carbonyl (C=O) groups excluding carboxylic acids is 1. The first-order valence-electron chi connectivity index (χ1n) is 8.13. The summed E-state index contributed by atoms with van der Waals surface area (Å²) in [6.07, 6.45) is 3.33. The zero-order chi connectivity index (χ0) is 18.7. The number of benzene rings is 1. The van der Waals surface area contributed by atoms with Crippen LogP contribution in [0.3, 0.4) is 0 Å². The van der Waals surface area contributed by atoms with Crippen LogP contribution in [0.2, 0.25) is 5.02 Å². The van der Waals surface area contributed by atoms with E-state index in [2.05, 4.69) is 15.3 Å². The van der Waals surface area contributed by atoms with Gasteiger partial charge in [0.2, 0.25) is 0 Å². The lowest BCUT2D eigenvalue weighted by Gasteiger charge is -2.20. The molecular weight excluding hydrogens is 350 g/mol. The lowest BCUT2D eigenvalue weighted by atomic mass is 9.99. The molecule has 0 aliphatic rings. The molecule has 3 rings (SSSR count). The summed E-state index contributed by atoms with van der Waals surface area (Å²) in [6, 6.07) is 12.8. The van der Waals surface area contributed by atoms with Gasteiger partial charge < -0.3 is 10.3 Å². The number of nitrogens with one attached hydrogen (secondary N) is 2. The van der Waals surface area contributed by atoms with Gasteiger partial charge in [-0.3, -0.25) is 14.6 Å². The van der Waals surface area contributed by atoms with Crippen molar-refractivity contribution in [2.75, 3.05) is 0 Å². The Morgan fingerprint density at radius 3 is 2.35 bits per heavy atom. The van der Waals surface area contributed by atoms with Gasteiger partial charge in [-0.05, 0) is 42.7 Å². The molecule has 0 fully saturated rings. The molecule has 6 heteroatoms. The highest BCUT2D eigenvalue weighted by atomic mass is 35.5. The van der Waals surface area contributed by atoms with E-state index in [1.165, 1.54) is 0 Å². The summed E-state index contributed by atoms with van der Waals surface area (Å²) < 4.78 is 0. The number of carbonyl (C=O) groups is 1. The summed E-state index contributed by atoms with van der Waals surface area (Å²) in [5.74, 6) is -0.476. The van der Waals surface area contributed by atoms with Gasteiger partial charge in [0.15, 0.2) is 0 Å². The summed E-state index contributed by atoms with van der Waals surface area (Å²) >= 11 is 6.21. The number of hydrogen-bond acceptors (Lipinski definition) is 3. The number of hydrogen-bond donors (Lipinski definition) is 2. The number of aromatic nitrogens is 2. The highest BCUT2D eigenvalue weighted by Gasteiger charge is 2.22. The molecule has 0 saturated carbocycles. The fourth-order valence-electron chi connectivity index (χ4n) is 2.89. The van der Waals surface area contributed by atoms with Crippen molar-refractivity contribution in [1.29, 1.82) is 0 Å². The molecule has 0 aliphatic carbocycles. The van der Waals surface area contributed by atoms with Gasteiger partial charge in [0.25, 0.3) is 11.5 Å². The molecule has 1 atom stereocenters. The summed E-state index contributed by atoms with van der Waals surface area (Å²) in [5.41, 5.74) is 2.34. The van der Waals surface area contributed by atoms with Gasteiger partial charge in [-0.15, -0.1) is 0 Å². The number of rotatable bonds is 4. The number of H-pyrrole nitrogens is 1. The zero-order valence-electron chi connectivity index (χ0n) is 14.4. The second kappa shape index (κ2) is 7.54. The quantitative estimate of drug-likeness (QED) is 0.740. The van der Waals surface area contributed by atoms with Gasteiger partial charge >= 0.3 is 0 Å². The number of nitrogens with zero attached hydrogens (tertiary/aromatic N) is 1. The topological polar surface area (TPSA) is 74.8 Å². The van der Waals surface area contributed by atoms with Crippen LogP contribution >= 0.6 is 11.6 Å². The largest absolute Gasteiger partial charge is 0.341 e. The van der Waals surface area contributed by atoms with E-state index in [4.69, 9.17) is 11.6 Å². The highest BCUT2D eigenvalue weighted by Crippen LogP contribution is 2.23. The van der Waals surface area contributed by atoms with Crippen LogP contribution in [0.4, 0.5) is 0 Å². The number of amides is 1. The SMILES string of the molecule is Cc1[nH]c(=O)c(C(=O)N[C@@H](c2ccccc2)c2ccncc2)c(C)c1Cl. The average molecular weight is 368 g/mol. The minimum atomic E-state index is -0.476. The number of aromatic amines is 1. The summed E-state index contributed by atoms with van der Waals surface area (Å²) in [6.45, 7) is 3.37. The molecule has 26 heavy (non-hydrogen) atoms. The lowest BCUT2D eigenvalue weighted by Crippen LogP contribution is -2.34. The van der Waals surface area contributed by atoms with Crippen molar-refractivity contribution in [3.05, 3.63) is 98.2 Å². The van der Waals surface area contributed by atoms with Crippen molar-refractivity contribution in [1.82, 2.24) is 15.3 Å². The Morgan fingerprint density at radius 2 is 1.69 bits per heavy atom. The highest BCUT2D eigenvalue weighted by molar-refractivity contribution is 6.32. The monoisotopic (exact) mass is 367 g/mol. The second-order valence-corrected chi connectivity index (χ2v) is 6.37. The number of halogens is 1. The number of pyridine rings is 2. The molecular formula is C20H18ClN3O2. The fraction of sp³-hybridized carbons (Fsp3) is 0.150. The maximum Gasteiger partial charge on any atom is 0.261 e. The molecule has 2 N–H and O–H groups in total. The van der Waals surface area contributed by atoms with E-state index in [-0.39, 0.29) is 5.56 Å². The summed E-state index contributed by atoms with van der Waals surface area (Å²) in [7, 11) is 0. The number of aryl methyl sites for hydroxylation is 1. The predicted molar refractivity (Wildman–Crippen MR) is 102 cm³/mol. The molecule has 5 nitrogen and oxygen atoms in total. The van der Waals surface area contributed by atoms with Crippen molar-refractivity contribution >= 4 is 17.5 Å². The van der Waals surface area contributed by atoms with Crippen molar-refractivity contribution in [2.45, 2.75) is 19.9 Å². The van der Waals surface area contributed by atoms with Crippen molar-refractivity contribution < 1.29 is 4.79 Å². The zero-order valence-corrected chi connectivity index (χ0v) is 15.2. The van der Waals surface area contributed by atoms with Crippen molar-refractivity contribution in [3.8, 4) is 0 Å². The molecule has 2 aromatic heterocycles. The van der Waals surface area contributed by atoms with Crippen LogP contribution in [0.5, 0.6) is 0 Å². The minimum absolute atomic E-state index is 0.0237. The molecule has 1 aromatic carbocycles. The van der Waals surface area contributed by atoms with Gasteiger partial charge in [0.05, 0.1) is 11.1 Å². The van der Waals surface area contributed by atoms with Crippen molar-refractivity contribution in [2.24, 2.45) is 0 Å². The Kier molecular flexibility index (Phi) is 5.19. The third-order valence-electron chi connectivity index (χ3n) is 4.24. The van der Waals surface area contributed by atoms with Crippen LogP contribution in [-0.2, 0) is 0 Å². The Labute approximate surface area is 156 Å². The first-order valence-corrected chi connectivity index (χ1v) is 8.51. The van der Waals surface area contributed by atoms with E-state index in [9.17, 15) is 9.59 Å². The molecule has 0 aliphatic heterocycles. The van der Waals surface area contributed by atoms with Crippen LogP contribution in [0.1, 0.15) is 38.8 Å². The molecule has 0 spiro atoms. The average Bonchev–Trinajstić information content (AvgIpc) is 2.65. The van der Waals surface area contributed by atoms with E-state index >= 15 is 0 Å². The van der Waals surface area contributed by atoms with Gasteiger partial charge in [-0.1, -0.05) is 41.9 Å². The molecule has 1 amide bonds. The minimum Gasteiger partial charge on any atom is -0.341 e. The van der Waals surface area contributed by atoms with Crippen LogP contribution in [0.15, 0.2) is 59.7 Å². The first-order chi connectivity index (χ1) is 12.5. The summed E-state index contributed by atoms with van der Waals surface area (Å²) in [4.78, 5) is 31.9. The predicted octanol–water partition coefficient (Wildman–Crippen LogP) is 3.56. The van der Waals surface area contributed by atoms with E-state index in [0.717, 1.165) is 11.1 Å². The molecule has 3 aromatic rings. The van der Waals surface area contributed by atoms with Gasteiger partial charge in [-0.25, -0.2) is 0 Å². The fourth-order valence-corrected chi connectivity index (χ4v) is 3.03. The van der Waals surface area contributed by atoms with E-state index in [0.29, 0.717) is 16.3 Å². The molecule has 0 saturated heterocycles. The first kappa shape index (κ1) is 17.9. The Bertz CT molecular complexity index is 946. The van der Waals surface area contributed by atoms with Gasteiger partial charge in [0.1, 0.15) is 5.56 Å². The maximum atomic E-state index is 12.9. The van der Waals surface area contributed by atoms with Crippen LogP contribution in [0.25, 0.3) is 0 Å².